The van der Waals surface area contributed by atoms with Crippen molar-refractivity contribution < 1.29 is 4.79 Å². The minimum absolute atomic E-state index is 0.00656. The minimum Gasteiger partial charge on any atom is -0.352 e. The summed E-state index contributed by atoms with van der Waals surface area (Å²) in [5, 5.41) is 2.82. The third-order valence-electron chi connectivity index (χ3n) is 1.91. The van der Waals surface area contributed by atoms with E-state index in [0.29, 0.717) is 13.0 Å². The average Bonchev–Trinajstić information content (AvgIpc) is 2.16. The van der Waals surface area contributed by atoms with Crippen LogP contribution in [0.5, 0.6) is 0 Å². The highest BCUT2D eigenvalue weighted by atomic mass is 79.9. The van der Waals surface area contributed by atoms with Crippen molar-refractivity contribution in [3.63, 3.8) is 0 Å². The van der Waals surface area contributed by atoms with Gasteiger partial charge in [-0.3, -0.25) is 4.79 Å². The summed E-state index contributed by atoms with van der Waals surface area (Å²) in [5.74, 6) is -0.00656. The predicted molar refractivity (Wildman–Crippen MR) is 64.3 cm³/mol. The van der Waals surface area contributed by atoms with Crippen LogP contribution in [0.1, 0.15) is 18.9 Å². The van der Waals surface area contributed by atoms with Gasteiger partial charge in [0.1, 0.15) is 0 Å². The Hall–Kier alpha value is -0.870. The van der Waals surface area contributed by atoms with Crippen molar-refractivity contribution in [3.05, 3.63) is 34.3 Å². The highest BCUT2D eigenvalue weighted by Gasteiger charge is 2.03. The summed E-state index contributed by atoms with van der Waals surface area (Å²) in [6.45, 7) is 2.37. The number of amides is 1. The molecule has 0 aliphatic carbocycles. The number of rotatable bonds is 4. The van der Waals surface area contributed by atoms with Crippen LogP contribution in [0.3, 0.4) is 0 Å². The molecule has 0 heterocycles. The molecule has 1 rings (SSSR count). The number of hydrogen-bond acceptors (Lipinski definition) is 2. The molecule has 1 aromatic carbocycles. The Kier molecular flexibility index (Phi) is 4.78. The Morgan fingerprint density at radius 2 is 2.07 bits per heavy atom. The molecule has 1 aromatic rings. The van der Waals surface area contributed by atoms with Crippen LogP contribution in [-0.4, -0.2) is 11.9 Å². The molecular formula is C11H15BrN2O. The van der Waals surface area contributed by atoms with E-state index in [1.165, 1.54) is 0 Å². The quantitative estimate of drug-likeness (QED) is 0.877. The molecule has 82 valence electrons. The van der Waals surface area contributed by atoms with Gasteiger partial charge in [-0.2, -0.15) is 0 Å². The van der Waals surface area contributed by atoms with Crippen LogP contribution >= 0.6 is 15.9 Å². The van der Waals surface area contributed by atoms with Gasteiger partial charge < -0.3 is 11.1 Å². The molecule has 0 saturated heterocycles. The SMILES string of the molecule is CC(N)CC(=O)NCc1ccc(Br)cc1. The zero-order valence-corrected chi connectivity index (χ0v) is 10.3. The molecule has 1 amide bonds. The lowest BCUT2D eigenvalue weighted by Crippen LogP contribution is -2.29. The van der Waals surface area contributed by atoms with Gasteiger partial charge >= 0.3 is 0 Å². The van der Waals surface area contributed by atoms with Crippen molar-refractivity contribution in [3.8, 4) is 0 Å². The van der Waals surface area contributed by atoms with Gasteiger partial charge in [-0.15, -0.1) is 0 Å². The number of carbonyl (C=O) groups excluding carboxylic acids is 1. The van der Waals surface area contributed by atoms with E-state index in [2.05, 4.69) is 21.2 Å². The molecule has 4 heteroatoms. The van der Waals surface area contributed by atoms with Gasteiger partial charge in [0.05, 0.1) is 0 Å². The Morgan fingerprint density at radius 3 is 2.60 bits per heavy atom. The highest BCUT2D eigenvalue weighted by molar-refractivity contribution is 9.10. The van der Waals surface area contributed by atoms with E-state index >= 15 is 0 Å². The average molecular weight is 271 g/mol. The smallest absolute Gasteiger partial charge is 0.221 e. The first kappa shape index (κ1) is 12.2. The topological polar surface area (TPSA) is 55.1 Å². The minimum atomic E-state index is -0.0880. The molecule has 0 aromatic heterocycles. The van der Waals surface area contributed by atoms with Gasteiger partial charge in [0, 0.05) is 23.5 Å². The molecule has 0 radical (unpaired) electrons. The van der Waals surface area contributed by atoms with E-state index in [9.17, 15) is 4.79 Å². The maximum absolute atomic E-state index is 11.3. The maximum Gasteiger partial charge on any atom is 0.221 e. The lowest BCUT2D eigenvalue weighted by Gasteiger charge is -2.07. The molecule has 3 N–H and O–H groups in total. The molecule has 1 atom stereocenters. The molecule has 15 heavy (non-hydrogen) atoms. The fourth-order valence-corrected chi connectivity index (χ4v) is 1.43. The van der Waals surface area contributed by atoms with Gasteiger partial charge in [0.2, 0.25) is 5.91 Å². The van der Waals surface area contributed by atoms with Crippen molar-refractivity contribution in [2.24, 2.45) is 5.73 Å². The van der Waals surface area contributed by atoms with E-state index in [1.54, 1.807) is 0 Å². The standard InChI is InChI=1S/C11H15BrN2O/c1-8(13)6-11(15)14-7-9-2-4-10(12)5-3-9/h2-5,8H,6-7,13H2,1H3,(H,14,15). The monoisotopic (exact) mass is 270 g/mol. The van der Waals surface area contributed by atoms with Gasteiger partial charge in [-0.1, -0.05) is 28.1 Å². The van der Waals surface area contributed by atoms with Crippen LogP contribution in [0, 0.1) is 0 Å². The zero-order valence-electron chi connectivity index (χ0n) is 8.66. The van der Waals surface area contributed by atoms with Crippen molar-refractivity contribution in [1.29, 1.82) is 0 Å². The van der Waals surface area contributed by atoms with Gasteiger partial charge in [0.15, 0.2) is 0 Å². The first-order valence-corrected chi connectivity index (χ1v) is 5.64. The number of carbonyl (C=O) groups is 1. The van der Waals surface area contributed by atoms with Crippen LogP contribution in [-0.2, 0) is 11.3 Å². The van der Waals surface area contributed by atoms with E-state index in [4.69, 9.17) is 5.73 Å². The number of benzene rings is 1. The Labute approximate surface area is 98.2 Å². The van der Waals surface area contributed by atoms with E-state index in [1.807, 2.05) is 31.2 Å². The van der Waals surface area contributed by atoms with E-state index in [0.717, 1.165) is 10.0 Å². The van der Waals surface area contributed by atoms with Gasteiger partial charge in [-0.25, -0.2) is 0 Å². The van der Waals surface area contributed by atoms with Gasteiger partial charge in [0.25, 0.3) is 0 Å². The fraction of sp³-hybridized carbons (Fsp3) is 0.364. The van der Waals surface area contributed by atoms with Crippen molar-refractivity contribution >= 4 is 21.8 Å². The molecule has 0 spiro atoms. The molecule has 0 fully saturated rings. The highest BCUT2D eigenvalue weighted by Crippen LogP contribution is 2.10. The van der Waals surface area contributed by atoms with Crippen LogP contribution < -0.4 is 11.1 Å². The summed E-state index contributed by atoms with van der Waals surface area (Å²) in [6.07, 6.45) is 0.372. The van der Waals surface area contributed by atoms with Crippen molar-refractivity contribution in [2.75, 3.05) is 0 Å². The molecule has 0 aliphatic heterocycles. The lowest BCUT2D eigenvalue weighted by molar-refractivity contribution is -0.121. The summed E-state index contributed by atoms with van der Waals surface area (Å²) >= 11 is 3.35. The number of nitrogens with two attached hydrogens (primary N) is 1. The molecule has 0 bridgehead atoms. The molecule has 0 saturated carbocycles. The normalized spacial score (nSPS) is 12.2. The van der Waals surface area contributed by atoms with Crippen molar-refractivity contribution in [2.45, 2.75) is 25.9 Å². The van der Waals surface area contributed by atoms with Crippen LogP contribution in [0.25, 0.3) is 0 Å². The second kappa shape index (κ2) is 5.88. The summed E-state index contributed by atoms with van der Waals surface area (Å²) < 4.78 is 1.04. The summed E-state index contributed by atoms with van der Waals surface area (Å²) in [4.78, 5) is 11.3. The van der Waals surface area contributed by atoms with E-state index in [-0.39, 0.29) is 11.9 Å². The first-order chi connectivity index (χ1) is 7.08. The largest absolute Gasteiger partial charge is 0.352 e. The molecule has 0 aliphatic rings. The van der Waals surface area contributed by atoms with Crippen LogP contribution in [0.4, 0.5) is 0 Å². The summed E-state index contributed by atoms with van der Waals surface area (Å²) in [7, 11) is 0. The second-order valence-corrected chi connectivity index (χ2v) is 4.50. The molecule has 1 unspecified atom stereocenters. The maximum atomic E-state index is 11.3. The zero-order chi connectivity index (χ0) is 11.3. The number of hydrogen-bond donors (Lipinski definition) is 2. The Balaban J connectivity index is 2.37. The fourth-order valence-electron chi connectivity index (χ4n) is 1.17. The second-order valence-electron chi connectivity index (χ2n) is 3.58. The molecular weight excluding hydrogens is 256 g/mol. The summed E-state index contributed by atoms with van der Waals surface area (Å²) in [5.41, 5.74) is 6.59. The first-order valence-electron chi connectivity index (χ1n) is 4.84. The summed E-state index contributed by atoms with van der Waals surface area (Å²) in [6, 6.07) is 7.75. The number of nitrogens with one attached hydrogen (secondary N) is 1. The Bertz CT molecular complexity index is 322. The molecule has 3 nitrogen and oxygen atoms in total. The van der Waals surface area contributed by atoms with E-state index < -0.39 is 0 Å². The van der Waals surface area contributed by atoms with Crippen LogP contribution in [0.2, 0.25) is 0 Å². The predicted octanol–water partition coefficient (Wildman–Crippen LogP) is 1.80. The lowest BCUT2D eigenvalue weighted by atomic mass is 10.2. The third-order valence-corrected chi connectivity index (χ3v) is 2.44. The van der Waals surface area contributed by atoms with Crippen LogP contribution in [0.15, 0.2) is 28.7 Å². The Morgan fingerprint density at radius 1 is 1.47 bits per heavy atom. The van der Waals surface area contributed by atoms with Crippen molar-refractivity contribution in [1.82, 2.24) is 5.32 Å². The van der Waals surface area contributed by atoms with Gasteiger partial charge in [-0.05, 0) is 24.6 Å². The third kappa shape index (κ3) is 4.95. The number of halogens is 1.